The van der Waals surface area contributed by atoms with E-state index in [1.54, 1.807) is 32.3 Å². The molecule has 0 spiro atoms. The minimum absolute atomic E-state index is 0.151. The number of anilines is 1. The van der Waals surface area contributed by atoms with Gasteiger partial charge in [0.25, 0.3) is 5.91 Å². The normalized spacial score (nSPS) is 10.0. The first-order valence-electron chi connectivity index (χ1n) is 6.86. The van der Waals surface area contributed by atoms with Crippen molar-refractivity contribution in [2.75, 3.05) is 19.4 Å². The van der Waals surface area contributed by atoms with Gasteiger partial charge in [-0.15, -0.1) is 0 Å². The maximum Gasteiger partial charge on any atom is 0.253 e. The van der Waals surface area contributed by atoms with Crippen LogP contribution in [0.15, 0.2) is 36.4 Å². The molecule has 0 aliphatic heterocycles. The van der Waals surface area contributed by atoms with E-state index in [9.17, 15) is 9.18 Å². The van der Waals surface area contributed by atoms with Crippen LogP contribution in [0.3, 0.4) is 0 Å². The Bertz CT molecular complexity index is 784. The van der Waals surface area contributed by atoms with Crippen molar-refractivity contribution in [3.63, 3.8) is 0 Å². The summed E-state index contributed by atoms with van der Waals surface area (Å²) in [6, 6.07) is 11.0. The minimum Gasteiger partial charge on any atom is -0.380 e. The Balaban J connectivity index is 2.22. The topological polar surface area (TPSA) is 56.1 Å². The SMILES string of the molecule is CN(C)C(=O)c1ccc(Cl)c(NCc2cc(C#N)ccc2F)c1. The number of carbonyl (C=O) groups is 1. The molecule has 6 heteroatoms. The highest BCUT2D eigenvalue weighted by Crippen LogP contribution is 2.24. The highest BCUT2D eigenvalue weighted by molar-refractivity contribution is 6.33. The number of nitriles is 1. The van der Waals surface area contributed by atoms with Gasteiger partial charge >= 0.3 is 0 Å². The Kier molecular flexibility index (Phi) is 5.20. The fourth-order valence-electron chi connectivity index (χ4n) is 2.02. The zero-order valence-electron chi connectivity index (χ0n) is 12.7. The fraction of sp³-hybridized carbons (Fsp3) is 0.176. The quantitative estimate of drug-likeness (QED) is 0.930. The molecule has 0 aliphatic carbocycles. The summed E-state index contributed by atoms with van der Waals surface area (Å²) >= 11 is 6.11. The van der Waals surface area contributed by atoms with Crippen molar-refractivity contribution in [3.8, 4) is 6.07 Å². The lowest BCUT2D eigenvalue weighted by Gasteiger charge is -2.14. The first-order valence-corrected chi connectivity index (χ1v) is 7.23. The van der Waals surface area contributed by atoms with Crippen molar-refractivity contribution < 1.29 is 9.18 Å². The second-order valence-corrected chi connectivity index (χ2v) is 5.57. The highest BCUT2D eigenvalue weighted by atomic mass is 35.5. The van der Waals surface area contributed by atoms with Crippen LogP contribution in [0.25, 0.3) is 0 Å². The Morgan fingerprint density at radius 2 is 2.04 bits per heavy atom. The molecule has 0 aliphatic rings. The van der Waals surface area contributed by atoms with Crippen molar-refractivity contribution in [1.82, 2.24) is 4.90 Å². The van der Waals surface area contributed by atoms with E-state index >= 15 is 0 Å². The van der Waals surface area contributed by atoms with Crippen LogP contribution in [0.1, 0.15) is 21.5 Å². The number of nitrogens with one attached hydrogen (secondary N) is 1. The van der Waals surface area contributed by atoms with Crippen LogP contribution in [-0.4, -0.2) is 24.9 Å². The van der Waals surface area contributed by atoms with E-state index in [-0.39, 0.29) is 12.5 Å². The van der Waals surface area contributed by atoms with Crippen LogP contribution in [0.2, 0.25) is 5.02 Å². The summed E-state index contributed by atoms with van der Waals surface area (Å²) in [5, 5.41) is 12.3. The average Bonchev–Trinajstić information content (AvgIpc) is 2.54. The van der Waals surface area contributed by atoms with Gasteiger partial charge in [0.15, 0.2) is 0 Å². The largest absolute Gasteiger partial charge is 0.380 e. The molecule has 0 saturated heterocycles. The summed E-state index contributed by atoms with van der Waals surface area (Å²) in [7, 11) is 3.32. The molecule has 1 amide bonds. The van der Waals surface area contributed by atoms with Gasteiger partial charge in [0.05, 0.1) is 22.3 Å². The van der Waals surface area contributed by atoms with E-state index in [0.717, 1.165) is 0 Å². The Morgan fingerprint density at radius 1 is 1.30 bits per heavy atom. The van der Waals surface area contributed by atoms with Gasteiger partial charge in [-0.25, -0.2) is 4.39 Å². The molecular formula is C17H15ClFN3O. The van der Waals surface area contributed by atoms with Crippen LogP contribution in [0.5, 0.6) is 0 Å². The second-order valence-electron chi connectivity index (χ2n) is 5.17. The monoisotopic (exact) mass is 331 g/mol. The Labute approximate surface area is 139 Å². The average molecular weight is 332 g/mol. The lowest BCUT2D eigenvalue weighted by atomic mass is 10.1. The first-order chi connectivity index (χ1) is 10.9. The molecule has 0 unspecified atom stereocenters. The molecule has 2 aromatic carbocycles. The molecule has 0 bridgehead atoms. The lowest BCUT2D eigenvalue weighted by molar-refractivity contribution is 0.0827. The van der Waals surface area contributed by atoms with Crippen molar-refractivity contribution in [1.29, 1.82) is 5.26 Å². The third-order valence-electron chi connectivity index (χ3n) is 3.26. The van der Waals surface area contributed by atoms with Crippen LogP contribution in [0, 0.1) is 17.1 Å². The summed E-state index contributed by atoms with van der Waals surface area (Å²) in [5.74, 6) is -0.560. The smallest absolute Gasteiger partial charge is 0.253 e. The fourth-order valence-corrected chi connectivity index (χ4v) is 2.21. The van der Waals surface area contributed by atoms with Crippen molar-refractivity contribution >= 4 is 23.2 Å². The van der Waals surface area contributed by atoms with E-state index in [1.165, 1.54) is 23.1 Å². The number of carbonyl (C=O) groups excluding carboxylic acids is 1. The Hall–Kier alpha value is -2.58. The van der Waals surface area contributed by atoms with Crippen molar-refractivity contribution in [2.24, 2.45) is 0 Å². The van der Waals surface area contributed by atoms with Gasteiger partial charge in [-0.05, 0) is 36.4 Å². The van der Waals surface area contributed by atoms with Crippen molar-refractivity contribution in [3.05, 3.63) is 63.9 Å². The molecule has 0 saturated carbocycles. The van der Waals surface area contributed by atoms with Crippen LogP contribution < -0.4 is 5.32 Å². The van der Waals surface area contributed by atoms with E-state index < -0.39 is 5.82 Å². The van der Waals surface area contributed by atoms with Gasteiger partial charge in [-0.1, -0.05) is 11.6 Å². The lowest BCUT2D eigenvalue weighted by Crippen LogP contribution is -2.21. The minimum atomic E-state index is -0.409. The molecule has 0 heterocycles. The maximum absolute atomic E-state index is 13.8. The molecule has 2 rings (SSSR count). The zero-order chi connectivity index (χ0) is 17.0. The van der Waals surface area contributed by atoms with E-state index in [0.29, 0.717) is 27.4 Å². The highest BCUT2D eigenvalue weighted by Gasteiger charge is 2.11. The summed E-state index contributed by atoms with van der Waals surface area (Å²) in [6.07, 6.45) is 0. The summed E-state index contributed by atoms with van der Waals surface area (Å²) < 4.78 is 13.8. The number of benzene rings is 2. The Morgan fingerprint density at radius 3 is 2.70 bits per heavy atom. The van der Waals surface area contributed by atoms with Gasteiger partial charge in [-0.3, -0.25) is 4.79 Å². The predicted octanol–water partition coefficient (Wildman–Crippen LogP) is 3.66. The first kappa shape index (κ1) is 16.8. The molecule has 0 fully saturated rings. The molecule has 0 aromatic heterocycles. The number of hydrogen-bond acceptors (Lipinski definition) is 3. The van der Waals surface area contributed by atoms with Gasteiger partial charge < -0.3 is 10.2 Å². The van der Waals surface area contributed by atoms with Crippen LogP contribution >= 0.6 is 11.6 Å². The van der Waals surface area contributed by atoms with Crippen LogP contribution in [0.4, 0.5) is 10.1 Å². The number of hydrogen-bond donors (Lipinski definition) is 1. The predicted molar refractivity (Wildman–Crippen MR) is 87.9 cm³/mol. The molecule has 4 nitrogen and oxygen atoms in total. The van der Waals surface area contributed by atoms with Gasteiger partial charge in [-0.2, -0.15) is 5.26 Å². The summed E-state index contributed by atoms with van der Waals surface area (Å²) in [6.45, 7) is 0.153. The van der Waals surface area contributed by atoms with E-state index in [1.807, 2.05) is 6.07 Å². The van der Waals surface area contributed by atoms with Crippen molar-refractivity contribution in [2.45, 2.75) is 6.54 Å². The molecule has 1 N–H and O–H groups in total. The second kappa shape index (κ2) is 7.12. The molecule has 2 aromatic rings. The van der Waals surface area contributed by atoms with E-state index in [4.69, 9.17) is 16.9 Å². The summed E-state index contributed by atoms with van der Waals surface area (Å²) in [5.41, 5.74) is 1.74. The molecule has 23 heavy (non-hydrogen) atoms. The number of halogens is 2. The number of amides is 1. The summed E-state index contributed by atoms with van der Waals surface area (Å²) in [4.78, 5) is 13.4. The molecule has 0 radical (unpaired) electrons. The molecule has 0 atom stereocenters. The number of rotatable bonds is 4. The van der Waals surface area contributed by atoms with E-state index in [2.05, 4.69) is 5.32 Å². The number of nitrogens with zero attached hydrogens (tertiary/aromatic N) is 2. The zero-order valence-corrected chi connectivity index (χ0v) is 13.5. The molecule has 118 valence electrons. The maximum atomic E-state index is 13.8. The van der Waals surface area contributed by atoms with Crippen LogP contribution in [-0.2, 0) is 6.54 Å². The van der Waals surface area contributed by atoms with Gasteiger partial charge in [0.2, 0.25) is 0 Å². The van der Waals surface area contributed by atoms with Gasteiger partial charge in [0, 0.05) is 31.8 Å². The van der Waals surface area contributed by atoms with Gasteiger partial charge in [0.1, 0.15) is 5.82 Å². The standard InChI is InChI=1S/C17H15ClFN3O/c1-22(2)17(23)12-4-5-14(18)16(8-12)21-10-13-7-11(9-20)3-6-15(13)19/h3-8,21H,10H2,1-2H3. The molecular weight excluding hydrogens is 317 g/mol. The third kappa shape index (κ3) is 3.99. The third-order valence-corrected chi connectivity index (χ3v) is 3.59.